The van der Waals surface area contributed by atoms with Crippen LogP contribution >= 0.6 is 0 Å². The molecule has 0 N–H and O–H groups in total. The Labute approximate surface area is 171 Å². The second kappa shape index (κ2) is 7.65. The van der Waals surface area contributed by atoms with Crippen LogP contribution in [-0.2, 0) is 11.2 Å². The molecule has 0 spiro atoms. The van der Waals surface area contributed by atoms with E-state index >= 15 is 0 Å². The molecule has 0 radical (unpaired) electrons. The Hall–Kier alpha value is -2.63. The molecular weight excluding hydrogens is 364 g/mol. The number of nitrogens with zero attached hydrogens (tertiary/aromatic N) is 4. The van der Waals surface area contributed by atoms with E-state index in [1.165, 1.54) is 12.0 Å². The lowest BCUT2D eigenvalue weighted by Crippen LogP contribution is -2.65. The molecule has 6 heteroatoms. The van der Waals surface area contributed by atoms with Gasteiger partial charge < -0.3 is 14.5 Å². The minimum atomic E-state index is 0.250. The van der Waals surface area contributed by atoms with Crippen molar-refractivity contribution < 1.29 is 9.53 Å². The number of piperidine rings is 3. The Morgan fingerprint density at radius 3 is 2.79 bits per heavy atom. The fraction of sp³-hybridized carbons (Fsp3) is 0.522. The maximum absolute atomic E-state index is 13.0. The number of amides is 1. The van der Waals surface area contributed by atoms with Crippen molar-refractivity contribution in [3.8, 4) is 5.88 Å². The third-order valence-electron chi connectivity index (χ3n) is 6.89. The first-order valence-corrected chi connectivity index (χ1v) is 10.7. The van der Waals surface area contributed by atoms with Crippen LogP contribution in [0.5, 0.6) is 5.88 Å². The zero-order chi connectivity index (χ0) is 19.8. The average molecular weight is 393 g/mol. The summed E-state index contributed by atoms with van der Waals surface area (Å²) in [6.45, 7) is 1.80. The Morgan fingerprint density at radius 1 is 1.14 bits per heavy atom. The van der Waals surface area contributed by atoms with Gasteiger partial charge in [0.15, 0.2) is 0 Å². The smallest absolute Gasteiger partial charge is 0.228 e. The number of benzene rings is 1. The molecule has 2 aromatic rings. The summed E-state index contributed by atoms with van der Waals surface area (Å²) < 4.78 is 5.31. The highest BCUT2D eigenvalue weighted by atomic mass is 16.5. The lowest BCUT2D eigenvalue weighted by molar-refractivity contribution is -0.148. The number of hydrogen-bond acceptors (Lipinski definition) is 5. The number of fused-ring (bicyclic) bond motifs is 4. The van der Waals surface area contributed by atoms with Crippen molar-refractivity contribution in [1.29, 1.82) is 0 Å². The summed E-state index contributed by atoms with van der Waals surface area (Å²) in [5.41, 5.74) is 1.31. The van der Waals surface area contributed by atoms with E-state index in [0.717, 1.165) is 38.3 Å². The molecule has 0 aliphatic carbocycles. The van der Waals surface area contributed by atoms with Crippen molar-refractivity contribution in [1.82, 2.24) is 14.9 Å². The van der Waals surface area contributed by atoms with E-state index < -0.39 is 0 Å². The quantitative estimate of drug-likeness (QED) is 0.801. The molecule has 5 rings (SSSR count). The third-order valence-corrected chi connectivity index (χ3v) is 6.89. The fourth-order valence-corrected chi connectivity index (χ4v) is 5.65. The maximum atomic E-state index is 13.0. The summed E-state index contributed by atoms with van der Waals surface area (Å²) in [6.07, 6.45) is 6.70. The predicted molar refractivity (Wildman–Crippen MR) is 111 cm³/mol. The number of carbonyl (C=O) groups is 1. The van der Waals surface area contributed by atoms with Gasteiger partial charge in [-0.05, 0) is 43.1 Å². The molecule has 2 bridgehead atoms. The lowest BCUT2D eigenvalue weighted by Gasteiger charge is -2.56. The monoisotopic (exact) mass is 392 g/mol. The van der Waals surface area contributed by atoms with Gasteiger partial charge in [-0.3, -0.25) is 4.79 Å². The molecule has 1 amide bonds. The van der Waals surface area contributed by atoms with E-state index in [-0.39, 0.29) is 6.04 Å². The highest BCUT2D eigenvalue weighted by Crippen LogP contribution is 2.43. The van der Waals surface area contributed by atoms with Gasteiger partial charge in [0.05, 0.1) is 7.11 Å². The molecule has 0 saturated carbocycles. The number of hydrogen-bond donors (Lipinski definition) is 0. The van der Waals surface area contributed by atoms with Crippen LogP contribution in [0.4, 0.5) is 5.95 Å². The molecule has 0 unspecified atom stereocenters. The normalized spacial score (nSPS) is 28.8. The SMILES string of the molecule is COc1ccnc(N2C[C@H]3C[C@@H](C2)[C@H](Cc2ccccc2)N2C(=O)CCC[C@@H]32)n1. The van der Waals surface area contributed by atoms with Crippen molar-refractivity contribution in [2.75, 3.05) is 25.1 Å². The van der Waals surface area contributed by atoms with Crippen LogP contribution in [0, 0.1) is 11.8 Å². The third kappa shape index (κ3) is 3.45. The second-order valence-electron chi connectivity index (χ2n) is 8.58. The summed E-state index contributed by atoms with van der Waals surface area (Å²) in [6, 6.07) is 13.0. The molecule has 4 heterocycles. The van der Waals surface area contributed by atoms with Gasteiger partial charge in [-0.15, -0.1) is 0 Å². The first-order chi connectivity index (χ1) is 14.2. The number of ether oxygens (including phenoxy) is 1. The van der Waals surface area contributed by atoms with Gasteiger partial charge in [0.2, 0.25) is 17.7 Å². The van der Waals surface area contributed by atoms with Crippen LogP contribution in [0.2, 0.25) is 0 Å². The van der Waals surface area contributed by atoms with Gasteiger partial charge in [-0.2, -0.15) is 4.98 Å². The summed E-state index contributed by atoms with van der Waals surface area (Å²) >= 11 is 0. The van der Waals surface area contributed by atoms with E-state index in [4.69, 9.17) is 4.74 Å². The van der Waals surface area contributed by atoms with Crippen molar-refractivity contribution in [2.45, 2.75) is 44.2 Å². The van der Waals surface area contributed by atoms with Crippen molar-refractivity contribution in [2.24, 2.45) is 11.8 Å². The molecule has 3 aliphatic heterocycles. The van der Waals surface area contributed by atoms with Crippen molar-refractivity contribution in [3.63, 3.8) is 0 Å². The number of methoxy groups -OCH3 is 1. The van der Waals surface area contributed by atoms with Crippen molar-refractivity contribution >= 4 is 11.9 Å². The summed E-state index contributed by atoms with van der Waals surface area (Å²) in [4.78, 5) is 26.7. The molecule has 3 saturated heterocycles. The van der Waals surface area contributed by atoms with Gasteiger partial charge in [0, 0.05) is 43.9 Å². The topological polar surface area (TPSA) is 58.6 Å². The molecule has 3 aliphatic rings. The zero-order valence-corrected chi connectivity index (χ0v) is 16.9. The first-order valence-electron chi connectivity index (χ1n) is 10.7. The highest BCUT2D eigenvalue weighted by molar-refractivity contribution is 5.78. The Bertz CT molecular complexity index is 874. The molecule has 6 nitrogen and oxygen atoms in total. The highest BCUT2D eigenvalue weighted by Gasteiger charge is 2.49. The largest absolute Gasteiger partial charge is 0.481 e. The molecular formula is C23H28N4O2. The standard InChI is InChI=1S/C23H28N4O2/c1-29-21-10-11-24-23(25-21)26-14-17-13-18(15-26)20(12-16-6-3-2-4-7-16)27-19(17)8-5-9-22(27)28/h2-4,6-7,10-11,17-20H,5,8-9,12-15H2,1H3/t17-,18+,19+,20+/m1/s1. The van der Waals surface area contributed by atoms with Crippen molar-refractivity contribution in [3.05, 3.63) is 48.2 Å². The molecule has 1 aromatic heterocycles. The van der Waals surface area contributed by atoms with E-state index in [0.29, 0.717) is 36.1 Å². The Morgan fingerprint density at radius 2 is 1.97 bits per heavy atom. The Balaban J connectivity index is 1.46. The van der Waals surface area contributed by atoms with E-state index in [2.05, 4.69) is 50.1 Å². The summed E-state index contributed by atoms with van der Waals surface area (Å²) in [7, 11) is 1.64. The number of rotatable bonds is 4. The van der Waals surface area contributed by atoms with Gasteiger partial charge in [-0.25, -0.2) is 4.98 Å². The zero-order valence-electron chi connectivity index (χ0n) is 16.9. The molecule has 1 aromatic carbocycles. The number of aromatic nitrogens is 2. The van der Waals surface area contributed by atoms with E-state index in [1.54, 1.807) is 19.4 Å². The van der Waals surface area contributed by atoms with Gasteiger partial charge in [0.25, 0.3) is 0 Å². The van der Waals surface area contributed by atoms with Crippen LogP contribution in [0.25, 0.3) is 0 Å². The van der Waals surface area contributed by atoms with E-state index in [1.807, 2.05) is 0 Å². The number of anilines is 1. The van der Waals surface area contributed by atoms with Gasteiger partial charge >= 0.3 is 0 Å². The minimum absolute atomic E-state index is 0.250. The minimum Gasteiger partial charge on any atom is -0.481 e. The second-order valence-corrected chi connectivity index (χ2v) is 8.58. The van der Waals surface area contributed by atoms with E-state index in [9.17, 15) is 4.79 Å². The molecule has 3 fully saturated rings. The predicted octanol–water partition coefficient (Wildman–Crippen LogP) is 2.93. The van der Waals surface area contributed by atoms with Crippen LogP contribution in [0.15, 0.2) is 42.6 Å². The lowest BCUT2D eigenvalue weighted by atomic mass is 9.71. The fourth-order valence-electron chi connectivity index (χ4n) is 5.65. The molecule has 152 valence electrons. The summed E-state index contributed by atoms with van der Waals surface area (Å²) in [5.74, 6) is 2.61. The molecule has 29 heavy (non-hydrogen) atoms. The number of carbonyl (C=O) groups excluding carboxylic acids is 1. The van der Waals surface area contributed by atoms with Gasteiger partial charge in [0.1, 0.15) is 0 Å². The van der Waals surface area contributed by atoms with Crippen LogP contribution in [-0.4, -0.2) is 53.1 Å². The Kier molecular flexibility index (Phi) is 4.86. The van der Waals surface area contributed by atoms with Crippen LogP contribution < -0.4 is 9.64 Å². The average Bonchev–Trinajstić information content (AvgIpc) is 2.77. The molecule has 4 atom stereocenters. The maximum Gasteiger partial charge on any atom is 0.228 e. The van der Waals surface area contributed by atoms with Gasteiger partial charge in [-0.1, -0.05) is 30.3 Å². The first kappa shape index (κ1) is 18.4. The van der Waals surface area contributed by atoms with Crippen LogP contribution in [0.1, 0.15) is 31.2 Å². The van der Waals surface area contributed by atoms with Crippen LogP contribution in [0.3, 0.4) is 0 Å². The summed E-state index contributed by atoms with van der Waals surface area (Å²) in [5, 5.41) is 0.